The van der Waals surface area contributed by atoms with Gasteiger partial charge in [-0.2, -0.15) is 0 Å². The van der Waals surface area contributed by atoms with E-state index in [1.54, 1.807) is 0 Å². The van der Waals surface area contributed by atoms with Crippen LogP contribution in [0.5, 0.6) is 0 Å². The first kappa shape index (κ1) is 34.5. The number of nitrogens with one attached hydrogen (secondary N) is 4. The molecule has 0 saturated carbocycles. The van der Waals surface area contributed by atoms with Crippen molar-refractivity contribution < 1.29 is 44.4 Å². The van der Waals surface area contributed by atoms with Crippen molar-refractivity contribution in [2.24, 2.45) is 22.2 Å². The molecule has 14 N–H and O–H groups in total. The van der Waals surface area contributed by atoms with Crippen molar-refractivity contribution in [2.75, 3.05) is 6.54 Å². The van der Waals surface area contributed by atoms with Gasteiger partial charge in [-0.05, 0) is 40.5 Å². The first-order chi connectivity index (χ1) is 17.5. The average molecular weight is 549 g/mol. The van der Waals surface area contributed by atoms with Crippen molar-refractivity contribution in [3.8, 4) is 0 Å². The van der Waals surface area contributed by atoms with Gasteiger partial charge in [0, 0.05) is 6.54 Å². The van der Waals surface area contributed by atoms with Crippen LogP contribution in [0, 0.1) is 0 Å². The van der Waals surface area contributed by atoms with E-state index in [1.807, 2.05) is 0 Å². The minimum Gasteiger partial charge on any atom is -0.480 e. The van der Waals surface area contributed by atoms with Crippen LogP contribution in [0.1, 0.15) is 40.5 Å². The predicted octanol–water partition coefficient (Wildman–Crippen LogP) is -5.45. The van der Waals surface area contributed by atoms with E-state index in [4.69, 9.17) is 17.2 Å². The van der Waals surface area contributed by atoms with Gasteiger partial charge in [0.2, 0.25) is 23.6 Å². The Morgan fingerprint density at radius 2 is 1.08 bits per heavy atom. The Balaban J connectivity index is 5.54. The molecule has 0 aromatic heterocycles. The highest BCUT2D eigenvalue weighted by Crippen LogP contribution is 2.04. The Morgan fingerprint density at radius 1 is 0.711 bits per heavy atom. The van der Waals surface area contributed by atoms with Gasteiger partial charge in [0.1, 0.15) is 24.2 Å². The van der Waals surface area contributed by atoms with Crippen LogP contribution < -0.4 is 38.5 Å². The molecule has 17 nitrogen and oxygen atoms in total. The minimum atomic E-state index is -1.69. The maximum absolute atomic E-state index is 12.9. The molecule has 0 bridgehead atoms. The van der Waals surface area contributed by atoms with E-state index in [0.717, 1.165) is 13.8 Å². The molecule has 0 saturated heterocycles. The molecule has 0 aliphatic rings. The third-order valence-corrected chi connectivity index (χ3v) is 5.16. The Hall–Kier alpha value is -3.54. The number of carbonyl (C=O) groups is 5. The summed E-state index contributed by atoms with van der Waals surface area (Å²) in [7, 11) is 0. The van der Waals surface area contributed by atoms with E-state index in [-0.39, 0.29) is 25.3 Å². The lowest BCUT2D eigenvalue weighted by Gasteiger charge is -2.29. The van der Waals surface area contributed by atoms with Crippen LogP contribution >= 0.6 is 0 Å². The standard InChI is InChI=1S/C21H40N8O9/c1-8(22)16(33)27-14(10(3)31)18(35)29-15(11(4)32)19(36)28-13(9(2)30)17(34)26-12(20(37)38)6-5-7-25-21(23)24/h8-15,30-32H,5-7,22H2,1-4H3,(H,26,34)(H,27,33)(H,28,36)(H,29,35)(H,37,38)(H4,23,24,25)/t8-,9+,10+,11+,12-,13-,14-,15-/m0/s1. The third-order valence-electron chi connectivity index (χ3n) is 5.16. The number of aliphatic hydroxyl groups excluding tert-OH is 3. The maximum atomic E-state index is 12.9. The van der Waals surface area contributed by atoms with E-state index in [2.05, 4.69) is 26.3 Å². The largest absolute Gasteiger partial charge is 0.480 e. The van der Waals surface area contributed by atoms with E-state index in [0.29, 0.717) is 0 Å². The van der Waals surface area contributed by atoms with E-state index in [1.165, 1.54) is 13.8 Å². The second-order valence-corrected chi connectivity index (χ2v) is 8.82. The predicted molar refractivity (Wildman–Crippen MR) is 134 cm³/mol. The molecule has 8 atom stereocenters. The zero-order valence-corrected chi connectivity index (χ0v) is 21.7. The Labute approximate surface area is 219 Å². The van der Waals surface area contributed by atoms with E-state index < -0.39 is 78.1 Å². The number of carbonyl (C=O) groups excluding carboxylic acids is 4. The van der Waals surface area contributed by atoms with Crippen molar-refractivity contribution in [1.82, 2.24) is 21.3 Å². The molecule has 4 amide bonds. The number of nitrogens with zero attached hydrogens (tertiary/aromatic N) is 1. The monoisotopic (exact) mass is 548 g/mol. The number of guanidine groups is 1. The van der Waals surface area contributed by atoms with Gasteiger partial charge in [0.05, 0.1) is 24.4 Å². The molecular weight excluding hydrogens is 508 g/mol. The van der Waals surface area contributed by atoms with Crippen LogP contribution in [0.25, 0.3) is 0 Å². The second-order valence-electron chi connectivity index (χ2n) is 8.82. The molecule has 17 heteroatoms. The van der Waals surface area contributed by atoms with Crippen LogP contribution in [0.4, 0.5) is 0 Å². The van der Waals surface area contributed by atoms with Gasteiger partial charge in [-0.25, -0.2) is 4.79 Å². The number of aliphatic carboxylic acids is 1. The number of rotatable bonds is 16. The number of aliphatic hydroxyl groups is 3. The van der Waals surface area contributed by atoms with Crippen LogP contribution in [0.2, 0.25) is 0 Å². The molecule has 0 spiro atoms. The molecule has 0 radical (unpaired) electrons. The highest BCUT2D eigenvalue weighted by atomic mass is 16.4. The van der Waals surface area contributed by atoms with Crippen molar-refractivity contribution >= 4 is 35.6 Å². The number of amides is 4. The molecule has 0 unspecified atom stereocenters. The fraction of sp³-hybridized carbons (Fsp3) is 0.714. The SMILES string of the molecule is C[C@H](N)C(=O)N[C@H](C(=O)N[C@H](C(=O)N[C@H](C(=O)N[C@@H](CCCN=C(N)N)C(=O)O)[C@@H](C)O)[C@@H](C)O)[C@@H](C)O. The first-order valence-corrected chi connectivity index (χ1v) is 11.8. The topological polar surface area (TPSA) is 305 Å². The van der Waals surface area contributed by atoms with Crippen molar-refractivity contribution in [2.45, 2.75) is 89.1 Å². The molecule has 0 aromatic rings. The third kappa shape index (κ3) is 12.1. The van der Waals surface area contributed by atoms with Gasteiger partial charge in [-0.1, -0.05) is 0 Å². The Morgan fingerprint density at radius 3 is 1.39 bits per heavy atom. The summed E-state index contributed by atoms with van der Waals surface area (Å²) in [5, 5.41) is 48.2. The average Bonchev–Trinajstić information content (AvgIpc) is 2.79. The molecule has 0 aromatic carbocycles. The zero-order valence-electron chi connectivity index (χ0n) is 21.7. The number of nitrogens with two attached hydrogens (primary N) is 3. The van der Waals surface area contributed by atoms with Crippen molar-refractivity contribution in [1.29, 1.82) is 0 Å². The zero-order chi connectivity index (χ0) is 29.7. The Bertz CT molecular complexity index is 860. The number of hydrogen-bond acceptors (Lipinski definition) is 10. The molecule has 0 fully saturated rings. The molecule has 218 valence electrons. The lowest BCUT2D eigenvalue weighted by Crippen LogP contribution is -2.63. The van der Waals surface area contributed by atoms with Gasteiger partial charge < -0.3 is 58.9 Å². The van der Waals surface area contributed by atoms with Crippen molar-refractivity contribution in [3.05, 3.63) is 0 Å². The van der Waals surface area contributed by atoms with Crippen LogP contribution in [-0.4, -0.2) is 111 Å². The smallest absolute Gasteiger partial charge is 0.326 e. The molecule has 0 aliphatic heterocycles. The minimum absolute atomic E-state index is 0.0709. The summed E-state index contributed by atoms with van der Waals surface area (Å²) in [4.78, 5) is 65.4. The molecular formula is C21H40N8O9. The molecule has 0 aliphatic carbocycles. The summed E-state index contributed by atoms with van der Waals surface area (Å²) in [6, 6.07) is -7.31. The maximum Gasteiger partial charge on any atom is 0.326 e. The van der Waals surface area contributed by atoms with E-state index >= 15 is 0 Å². The van der Waals surface area contributed by atoms with Crippen LogP contribution in [0.3, 0.4) is 0 Å². The quantitative estimate of drug-likeness (QED) is 0.0489. The lowest BCUT2D eigenvalue weighted by atomic mass is 10.1. The van der Waals surface area contributed by atoms with E-state index in [9.17, 15) is 44.4 Å². The summed E-state index contributed by atoms with van der Waals surface area (Å²) in [5.74, 6) is -5.54. The molecule has 38 heavy (non-hydrogen) atoms. The molecule has 0 heterocycles. The Kier molecular flexibility index (Phi) is 14.8. The van der Waals surface area contributed by atoms with Crippen molar-refractivity contribution in [3.63, 3.8) is 0 Å². The fourth-order valence-corrected chi connectivity index (χ4v) is 3.01. The number of carboxylic acid groups (broad SMARTS) is 1. The summed E-state index contributed by atoms with van der Waals surface area (Å²) in [6.45, 7) is 4.96. The normalized spacial score (nSPS) is 17.3. The van der Waals surface area contributed by atoms with Gasteiger partial charge in [-0.15, -0.1) is 0 Å². The van der Waals surface area contributed by atoms with Crippen LogP contribution in [0.15, 0.2) is 4.99 Å². The lowest BCUT2D eigenvalue weighted by molar-refractivity contribution is -0.143. The summed E-state index contributed by atoms with van der Waals surface area (Å²) in [5.41, 5.74) is 15.9. The summed E-state index contributed by atoms with van der Waals surface area (Å²) >= 11 is 0. The van der Waals surface area contributed by atoms with Gasteiger partial charge in [-0.3, -0.25) is 24.2 Å². The van der Waals surface area contributed by atoms with Gasteiger partial charge >= 0.3 is 5.97 Å². The number of aliphatic imine (C=N–C) groups is 1. The second kappa shape index (κ2) is 16.3. The summed E-state index contributed by atoms with van der Waals surface area (Å²) in [6.07, 6.45) is -4.33. The summed E-state index contributed by atoms with van der Waals surface area (Å²) < 4.78 is 0. The fourth-order valence-electron chi connectivity index (χ4n) is 3.01. The molecule has 0 rings (SSSR count). The highest BCUT2D eigenvalue weighted by Gasteiger charge is 2.36. The van der Waals surface area contributed by atoms with Gasteiger partial charge in [0.25, 0.3) is 0 Å². The number of hydrogen-bond donors (Lipinski definition) is 11. The highest BCUT2D eigenvalue weighted by molar-refractivity contribution is 5.96. The van der Waals surface area contributed by atoms with Crippen LogP contribution in [-0.2, 0) is 24.0 Å². The number of carboxylic acids is 1. The van der Waals surface area contributed by atoms with Gasteiger partial charge in [0.15, 0.2) is 5.96 Å². The first-order valence-electron chi connectivity index (χ1n) is 11.8.